The summed E-state index contributed by atoms with van der Waals surface area (Å²) in [5.74, 6) is 2.02. The molecule has 2 aromatic carbocycles. The molecular weight excluding hydrogens is 479 g/mol. The van der Waals surface area contributed by atoms with Gasteiger partial charge >= 0.3 is 0 Å². The molecule has 0 amide bonds. The van der Waals surface area contributed by atoms with E-state index < -0.39 is 0 Å². The highest BCUT2D eigenvalue weighted by Crippen LogP contribution is 2.38. The number of rotatable bonds is 12. The summed E-state index contributed by atoms with van der Waals surface area (Å²) < 4.78 is 26.3. The predicted octanol–water partition coefficient (Wildman–Crippen LogP) is 5.96. The highest BCUT2D eigenvalue weighted by Gasteiger charge is 2.34. The normalized spacial score (nSPS) is 20.9. The van der Waals surface area contributed by atoms with Crippen LogP contribution in [-0.4, -0.2) is 60.8 Å². The number of allylic oxidation sites excluding steroid dienone is 1. The molecule has 0 saturated carbocycles. The average molecular weight is 523 g/mol. The van der Waals surface area contributed by atoms with Crippen molar-refractivity contribution in [3.63, 3.8) is 0 Å². The maximum atomic E-state index is 15.0. The second kappa shape index (κ2) is 13.3. The molecule has 0 radical (unpaired) electrons. The fraction of sp³-hybridized carbons (Fsp3) is 0.500. The zero-order valence-electron chi connectivity index (χ0n) is 23.3. The zero-order valence-corrected chi connectivity index (χ0v) is 23.3. The Kier molecular flexibility index (Phi) is 9.86. The number of ether oxygens (including phenoxy) is 2. The third kappa shape index (κ3) is 6.78. The number of benzene rings is 2. The van der Waals surface area contributed by atoms with Crippen LogP contribution in [0.4, 0.5) is 4.39 Å². The molecule has 0 aliphatic heterocycles. The van der Waals surface area contributed by atoms with E-state index in [1.807, 2.05) is 12.1 Å². The number of likely N-dealkylation sites (N-methyl/N-ethyl adjacent to an activating group) is 2. The van der Waals surface area contributed by atoms with Crippen LogP contribution in [0, 0.1) is 17.7 Å². The molecule has 0 saturated heterocycles. The van der Waals surface area contributed by atoms with Crippen LogP contribution in [0.25, 0.3) is 0 Å². The third-order valence-electron chi connectivity index (χ3n) is 8.22. The molecule has 5 nitrogen and oxygen atoms in total. The predicted molar refractivity (Wildman–Crippen MR) is 151 cm³/mol. The van der Waals surface area contributed by atoms with Gasteiger partial charge in [0.25, 0.3) is 0 Å². The fourth-order valence-electron chi connectivity index (χ4n) is 5.92. The summed E-state index contributed by atoms with van der Waals surface area (Å²) >= 11 is 0. The zero-order chi connectivity index (χ0) is 27.1. The van der Waals surface area contributed by atoms with E-state index in [2.05, 4.69) is 54.9 Å². The Labute approximate surface area is 227 Å². The average Bonchev–Trinajstić information content (AvgIpc) is 2.94. The van der Waals surface area contributed by atoms with Crippen LogP contribution in [0.1, 0.15) is 43.9 Å². The lowest BCUT2D eigenvalue weighted by Gasteiger charge is -2.41. The first kappa shape index (κ1) is 28.2. The summed E-state index contributed by atoms with van der Waals surface area (Å²) in [6.45, 7) is 11.1. The van der Waals surface area contributed by atoms with Crippen molar-refractivity contribution in [2.24, 2.45) is 11.8 Å². The van der Waals surface area contributed by atoms with Gasteiger partial charge in [0.1, 0.15) is 18.1 Å². The lowest BCUT2D eigenvalue weighted by atomic mass is 9.72. The molecule has 0 spiro atoms. The summed E-state index contributed by atoms with van der Waals surface area (Å²) in [7, 11) is 1.71. The van der Waals surface area contributed by atoms with E-state index >= 15 is 0 Å². The summed E-state index contributed by atoms with van der Waals surface area (Å²) in [5.41, 5.74) is 3.52. The first-order chi connectivity index (χ1) is 18.4. The van der Waals surface area contributed by atoms with Crippen LogP contribution >= 0.6 is 0 Å². The summed E-state index contributed by atoms with van der Waals surface area (Å²) in [4.78, 5) is 4.67. The number of hydrogen-bond acceptors (Lipinski definition) is 5. The van der Waals surface area contributed by atoms with E-state index in [0.717, 1.165) is 56.8 Å². The van der Waals surface area contributed by atoms with Crippen molar-refractivity contribution >= 4 is 0 Å². The van der Waals surface area contributed by atoms with E-state index in [9.17, 15) is 9.50 Å². The van der Waals surface area contributed by atoms with Gasteiger partial charge in [0.15, 0.2) is 11.6 Å². The molecule has 2 unspecified atom stereocenters. The monoisotopic (exact) mass is 522 g/mol. The van der Waals surface area contributed by atoms with Gasteiger partial charge in [-0.2, -0.15) is 0 Å². The van der Waals surface area contributed by atoms with E-state index in [4.69, 9.17) is 9.47 Å². The molecule has 4 rings (SSSR count). The van der Waals surface area contributed by atoms with Crippen LogP contribution in [0.3, 0.4) is 0 Å². The molecule has 1 N–H and O–H groups in total. The van der Waals surface area contributed by atoms with Gasteiger partial charge in [-0.05, 0) is 104 Å². The smallest absolute Gasteiger partial charge is 0.165 e. The van der Waals surface area contributed by atoms with Crippen molar-refractivity contribution in [3.05, 3.63) is 82.9 Å². The van der Waals surface area contributed by atoms with Gasteiger partial charge in [-0.25, -0.2) is 4.39 Å². The second-order valence-electron chi connectivity index (χ2n) is 10.4. The summed E-state index contributed by atoms with van der Waals surface area (Å²) in [6.07, 6.45) is 9.65. The van der Waals surface area contributed by atoms with E-state index in [1.54, 1.807) is 25.3 Å². The molecule has 0 aromatic heterocycles. The molecule has 3 atom stereocenters. The van der Waals surface area contributed by atoms with E-state index in [-0.39, 0.29) is 11.9 Å². The minimum atomic E-state index is -0.307. The first-order valence-electron chi connectivity index (χ1n) is 14.1. The SMILES string of the molecule is CCN(CC)CCOc1ccc(CN(CC)C2C=C(OC)C=CC2[C@@H]2CCc3cc(O)ccc3C2)cc1F. The van der Waals surface area contributed by atoms with E-state index in [0.29, 0.717) is 36.5 Å². The maximum Gasteiger partial charge on any atom is 0.165 e. The number of phenols is 1. The quantitative estimate of drug-likeness (QED) is 0.373. The highest BCUT2D eigenvalue weighted by atomic mass is 19.1. The van der Waals surface area contributed by atoms with Gasteiger partial charge in [0.05, 0.1) is 7.11 Å². The van der Waals surface area contributed by atoms with E-state index in [1.165, 1.54) is 11.1 Å². The Bertz CT molecular complexity index is 1130. The molecule has 0 bridgehead atoms. The molecule has 0 fully saturated rings. The topological polar surface area (TPSA) is 45.2 Å². The van der Waals surface area contributed by atoms with Crippen LogP contribution in [-0.2, 0) is 24.1 Å². The largest absolute Gasteiger partial charge is 0.508 e. The Morgan fingerprint density at radius 3 is 2.55 bits per heavy atom. The molecular formula is C32H43FN2O3. The van der Waals surface area contributed by atoms with Crippen LogP contribution in [0.5, 0.6) is 11.5 Å². The number of nitrogens with zero attached hydrogens (tertiary/aromatic N) is 2. The Hall–Kier alpha value is -2.83. The molecule has 2 aromatic rings. The standard InChI is InChI=1S/C32H43FN2O3/c1-5-34(6-2)16-17-38-32-15-8-23(18-30(32)33)22-35(7-3)31-21-28(37-4)13-14-29(31)26-10-9-25-20-27(36)12-11-24(25)19-26/h8,11-15,18,20-21,26,29,31,36H,5-7,9-10,16-17,19,22H2,1-4H3/t26-,29?,31?/m1/s1. The van der Waals surface area contributed by atoms with Crippen molar-refractivity contribution in [2.45, 2.75) is 52.6 Å². The lowest BCUT2D eigenvalue weighted by Crippen LogP contribution is -2.43. The van der Waals surface area contributed by atoms with Crippen molar-refractivity contribution < 1.29 is 19.0 Å². The Morgan fingerprint density at radius 1 is 1.03 bits per heavy atom. The molecule has 2 aliphatic carbocycles. The summed E-state index contributed by atoms with van der Waals surface area (Å²) in [6, 6.07) is 11.3. The molecule has 6 heteroatoms. The first-order valence-corrected chi connectivity index (χ1v) is 14.1. The maximum absolute atomic E-state index is 15.0. The van der Waals surface area contributed by atoms with Gasteiger partial charge in [-0.3, -0.25) is 4.90 Å². The van der Waals surface area contributed by atoms with Gasteiger partial charge in [0, 0.05) is 19.1 Å². The Balaban J connectivity index is 1.47. The van der Waals surface area contributed by atoms with Crippen molar-refractivity contribution in [2.75, 3.05) is 39.9 Å². The number of methoxy groups -OCH3 is 1. The van der Waals surface area contributed by atoms with Gasteiger partial charge in [0.2, 0.25) is 0 Å². The van der Waals surface area contributed by atoms with Crippen LogP contribution < -0.4 is 4.74 Å². The van der Waals surface area contributed by atoms with Crippen molar-refractivity contribution in [3.8, 4) is 11.5 Å². The Morgan fingerprint density at radius 2 is 1.84 bits per heavy atom. The lowest BCUT2D eigenvalue weighted by molar-refractivity contribution is 0.147. The second-order valence-corrected chi connectivity index (χ2v) is 10.4. The van der Waals surface area contributed by atoms with Crippen LogP contribution in [0.2, 0.25) is 0 Å². The molecule has 38 heavy (non-hydrogen) atoms. The highest BCUT2D eigenvalue weighted by molar-refractivity contribution is 5.37. The number of fused-ring (bicyclic) bond motifs is 1. The number of halogens is 1. The number of phenolic OH excluding ortho intramolecular Hbond substituents is 1. The van der Waals surface area contributed by atoms with Crippen molar-refractivity contribution in [1.82, 2.24) is 9.80 Å². The minimum Gasteiger partial charge on any atom is -0.508 e. The summed E-state index contributed by atoms with van der Waals surface area (Å²) in [5, 5.41) is 9.89. The fourth-order valence-corrected chi connectivity index (χ4v) is 5.92. The molecule has 206 valence electrons. The van der Waals surface area contributed by atoms with Gasteiger partial charge < -0.3 is 19.5 Å². The van der Waals surface area contributed by atoms with Crippen LogP contribution in [0.15, 0.2) is 60.4 Å². The van der Waals surface area contributed by atoms with Crippen molar-refractivity contribution in [1.29, 1.82) is 0 Å². The third-order valence-corrected chi connectivity index (χ3v) is 8.22. The minimum absolute atomic E-state index is 0.150. The van der Waals surface area contributed by atoms with Gasteiger partial charge in [-0.15, -0.1) is 0 Å². The number of aromatic hydroxyl groups is 1. The number of aryl methyl sites for hydroxylation is 1. The molecule has 0 heterocycles. The molecule has 2 aliphatic rings. The van der Waals surface area contributed by atoms with Gasteiger partial charge in [-0.1, -0.05) is 39.0 Å². The number of hydrogen-bond donors (Lipinski definition) is 1.